The van der Waals surface area contributed by atoms with E-state index in [2.05, 4.69) is 15.7 Å². The molecule has 0 amide bonds. The maximum absolute atomic E-state index is 7.45. The number of azo groups is 1. The summed E-state index contributed by atoms with van der Waals surface area (Å²) in [7, 11) is -2.12. The number of hydrogen-bond donors (Lipinski definition) is 3. The van der Waals surface area contributed by atoms with Gasteiger partial charge in [0.2, 0.25) is 8.53 Å². The average Bonchev–Trinajstić information content (AvgIpc) is 2.39. The van der Waals surface area contributed by atoms with Crippen LogP contribution < -0.4 is 5.50 Å². The third kappa shape index (κ3) is 5.99. The molecule has 0 heterocycles. The highest BCUT2D eigenvalue weighted by molar-refractivity contribution is 7.42. The predicted molar refractivity (Wildman–Crippen MR) is 82.1 cm³/mol. The lowest BCUT2D eigenvalue weighted by Gasteiger charge is -2.01. The van der Waals surface area contributed by atoms with Crippen molar-refractivity contribution in [2.24, 2.45) is 15.7 Å². The monoisotopic (exact) mass is 291 g/mol. The predicted octanol–water partition coefficient (Wildman–Crippen LogP) is 3.88. The van der Waals surface area contributed by atoms with E-state index in [9.17, 15) is 0 Å². The fourth-order valence-corrected chi connectivity index (χ4v) is 1.57. The molecule has 0 spiro atoms. The molecule has 5 nitrogen and oxygen atoms in total. The number of nitrogens with two attached hydrogens (primary N) is 1. The summed E-state index contributed by atoms with van der Waals surface area (Å²) < 4.78 is 0. The van der Waals surface area contributed by atoms with E-state index >= 15 is 0 Å². The zero-order valence-electron chi connectivity index (χ0n) is 11.4. The van der Waals surface area contributed by atoms with Gasteiger partial charge in [0.1, 0.15) is 0 Å². The molecule has 0 radical (unpaired) electrons. The summed E-state index contributed by atoms with van der Waals surface area (Å²) in [5, 5.41) is 8.52. The van der Waals surface area contributed by atoms with Crippen LogP contribution in [-0.4, -0.2) is 9.79 Å². The van der Waals surface area contributed by atoms with Crippen molar-refractivity contribution in [2.75, 3.05) is 0 Å². The van der Waals surface area contributed by atoms with E-state index in [0.29, 0.717) is 0 Å². The van der Waals surface area contributed by atoms with E-state index in [1.165, 1.54) is 0 Å². The third-order valence-electron chi connectivity index (χ3n) is 2.46. The van der Waals surface area contributed by atoms with Gasteiger partial charge in [-0.3, -0.25) is 5.50 Å². The fraction of sp³-hybridized carbons (Fsp3) is 0.143. The lowest BCUT2D eigenvalue weighted by Crippen LogP contribution is -1.78. The zero-order chi connectivity index (χ0) is 15.0. The van der Waals surface area contributed by atoms with Gasteiger partial charge in [-0.2, -0.15) is 10.2 Å². The summed E-state index contributed by atoms with van der Waals surface area (Å²) >= 11 is 0. The van der Waals surface area contributed by atoms with E-state index in [1.54, 1.807) is 0 Å². The fourth-order valence-electron chi connectivity index (χ4n) is 1.57. The Kier molecular flexibility index (Phi) is 6.98. The summed E-state index contributed by atoms with van der Waals surface area (Å²) in [6.07, 6.45) is 0. The van der Waals surface area contributed by atoms with E-state index in [1.807, 2.05) is 62.4 Å². The Morgan fingerprint density at radius 3 is 1.85 bits per heavy atom. The van der Waals surface area contributed by atoms with Crippen molar-refractivity contribution in [3.05, 3.63) is 59.7 Å². The smallest absolute Gasteiger partial charge is 0.247 e. The van der Waals surface area contributed by atoms with Crippen LogP contribution in [0.2, 0.25) is 0 Å². The molecule has 2 rings (SSSR count). The van der Waals surface area contributed by atoms with Gasteiger partial charge in [0, 0.05) is 0 Å². The molecule has 0 unspecified atom stereocenters. The molecule has 106 valence electrons. The van der Waals surface area contributed by atoms with E-state index < -0.39 is 8.53 Å². The first kappa shape index (κ1) is 16.4. The Morgan fingerprint density at radius 1 is 0.850 bits per heavy atom. The number of hydrogen-bond acceptors (Lipinski definition) is 5. The number of rotatable bonds is 2. The van der Waals surface area contributed by atoms with Gasteiger partial charge in [0.05, 0.1) is 11.4 Å². The number of benzene rings is 2. The molecule has 20 heavy (non-hydrogen) atoms. The second-order valence-electron chi connectivity index (χ2n) is 4.10. The van der Waals surface area contributed by atoms with Gasteiger partial charge in [0.25, 0.3) is 0 Å². The lowest BCUT2D eigenvalue weighted by molar-refractivity contribution is 0.485. The van der Waals surface area contributed by atoms with Crippen molar-refractivity contribution < 1.29 is 9.79 Å². The Balaban J connectivity index is 0.000000444. The second-order valence-corrected chi connectivity index (χ2v) is 4.74. The van der Waals surface area contributed by atoms with Crippen molar-refractivity contribution in [1.82, 2.24) is 0 Å². The summed E-state index contributed by atoms with van der Waals surface area (Å²) in [5.74, 6) is 0. The van der Waals surface area contributed by atoms with Crippen LogP contribution in [0.3, 0.4) is 0 Å². The molecule has 0 bridgehead atoms. The van der Waals surface area contributed by atoms with Crippen molar-refractivity contribution in [1.29, 1.82) is 0 Å². The first-order valence-corrected chi connectivity index (χ1v) is 7.28. The molecule has 0 aliphatic heterocycles. The normalized spacial score (nSPS) is 10.5. The minimum Gasteiger partial charge on any atom is -0.338 e. The van der Waals surface area contributed by atoms with E-state index in [4.69, 9.17) is 9.79 Å². The van der Waals surface area contributed by atoms with Gasteiger partial charge in [-0.05, 0) is 37.1 Å². The van der Waals surface area contributed by atoms with Gasteiger partial charge < -0.3 is 9.79 Å². The molecule has 0 fully saturated rings. The van der Waals surface area contributed by atoms with E-state index in [-0.39, 0.29) is 0 Å². The highest BCUT2D eigenvalue weighted by atomic mass is 31.2. The Labute approximate surface area is 119 Å². The molecule has 0 aliphatic rings. The summed E-state index contributed by atoms with van der Waals surface area (Å²) in [5.41, 5.74) is 8.44. The molecule has 0 saturated carbocycles. The first-order valence-electron chi connectivity index (χ1n) is 5.96. The molecule has 6 heteroatoms. The van der Waals surface area contributed by atoms with Gasteiger partial charge in [-0.1, -0.05) is 36.4 Å². The van der Waals surface area contributed by atoms with Crippen LogP contribution >= 0.6 is 8.53 Å². The van der Waals surface area contributed by atoms with Gasteiger partial charge in [0.15, 0.2) is 0 Å². The average molecular weight is 291 g/mol. The van der Waals surface area contributed by atoms with Gasteiger partial charge >= 0.3 is 0 Å². The summed E-state index contributed by atoms with van der Waals surface area (Å²) in [6.45, 7) is 4.10. The standard InChI is InChI=1S/C14H14N2.H4NO2P/c1-11-7-6-8-12(2)14(11)16-15-13-9-4-3-5-10-13;1-4(2)3/h3-10H,1-2H3;2-3H,1H2. The van der Waals surface area contributed by atoms with Gasteiger partial charge in [-0.15, -0.1) is 0 Å². The second kappa shape index (κ2) is 8.51. The maximum Gasteiger partial charge on any atom is 0.247 e. The minimum absolute atomic E-state index is 0.880. The number of nitrogens with zero attached hydrogens (tertiary/aromatic N) is 2. The molecule has 0 aliphatic carbocycles. The lowest BCUT2D eigenvalue weighted by atomic mass is 10.1. The van der Waals surface area contributed by atoms with Crippen LogP contribution in [0.4, 0.5) is 11.4 Å². The zero-order valence-corrected chi connectivity index (χ0v) is 12.3. The number of aryl methyl sites for hydroxylation is 2. The van der Waals surface area contributed by atoms with Crippen molar-refractivity contribution in [3.8, 4) is 0 Å². The topological polar surface area (TPSA) is 91.2 Å². The van der Waals surface area contributed by atoms with Crippen molar-refractivity contribution in [3.63, 3.8) is 0 Å². The van der Waals surface area contributed by atoms with Gasteiger partial charge in [-0.25, -0.2) is 0 Å². The largest absolute Gasteiger partial charge is 0.338 e. The molecule has 0 saturated heterocycles. The minimum atomic E-state index is -2.12. The highest BCUT2D eigenvalue weighted by Crippen LogP contribution is 2.25. The third-order valence-corrected chi connectivity index (χ3v) is 2.46. The molecule has 2 aromatic carbocycles. The molecule has 0 aromatic heterocycles. The van der Waals surface area contributed by atoms with Crippen molar-refractivity contribution >= 4 is 19.9 Å². The van der Waals surface area contributed by atoms with Crippen LogP contribution in [-0.2, 0) is 0 Å². The first-order chi connectivity index (χ1) is 9.50. The molecular formula is C14H18N3O2P. The Morgan fingerprint density at radius 2 is 1.35 bits per heavy atom. The summed E-state index contributed by atoms with van der Waals surface area (Å²) in [4.78, 5) is 14.9. The van der Waals surface area contributed by atoms with Crippen LogP contribution in [0.1, 0.15) is 11.1 Å². The maximum atomic E-state index is 7.45. The van der Waals surface area contributed by atoms with Crippen molar-refractivity contribution in [2.45, 2.75) is 13.8 Å². The summed E-state index contributed by atoms with van der Waals surface area (Å²) in [6, 6.07) is 15.9. The Hall–Kier alpha value is -1.65. The quantitative estimate of drug-likeness (QED) is 0.579. The molecule has 0 atom stereocenters. The molecular weight excluding hydrogens is 273 g/mol. The van der Waals surface area contributed by atoms with Crippen LogP contribution in [0, 0.1) is 13.8 Å². The highest BCUT2D eigenvalue weighted by Gasteiger charge is 1.99. The molecule has 4 N–H and O–H groups in total. The van der Waals surface area contributed by atoms with Crippen LogP contribution in [0.25, 0.3) is 0 Å². The molecule has 2 aromatic rings. The SMILES string of the molecule is Cc1cccc(C)c1N=Nc1ccccc1.NP(O)O. The van der Waals surface area contributed by atoms with E-state index in [0.717, 1.165) is 22.5 Å². The van der Waals surface area contributed by atoms with Crippen LogP contribution in [0.15, 0.2) is 58.8 Å². The van der Waals surface area contributed by atoms with Crippen LogP contribution in [0.5, 0.6) is 0 Å². The Bertz CT molecular complexity index is 537.